The summed E-state index contributed by atoms with van der Waals surface area (Å²) in [6, 6.07) is 12.6. The highest BCUT2D eigenvalue weighted by Crippen LogP contribution is 2.35. The van der Waals surface area contributed by atoms with Gasteiger partial charge in [-0.1, -0.05) is 51.8 Å². The van der Waals surface area contributed by atoms with Crippen LogP contribution >= 0.6 is 31.9 Å². The van der Waals surface area contributed by atoms with E-state index in [-0.39, 0.29) is 6.04 Å². The predicted octanol–water partition coefficient (Wildman–Crippen LogP) is 5.06. The second kappa shape index (κ2) is 7.34. The molecule has 1 heterocycles. The van der Waals surface area contributed by atoms with E-state index in [2.05, 4.69) is 74.2 Å². The summed E-state index contributed by atoms with van der Waals surface area (Å²) in [5, 5.41) is 3.57. The molecule has 2 nitrogen and oxygen atoms in total. The Hall–Kier alpha value is -0.710. The van der Waals surface area contributed by atoms with Gasteiger partial charge in [-0.3, -0.25) is 4.98 Å². The van der Waals surface area contributed by atoms with Crippen LogP contribution in [0, 0.1) is 0 Å². The Morgan fingerprint density at radius 1 is 1.20 bits per heavy atom. The fraction of sp³-hybridized carbons (Fsp3) is 0.312. The molecule has 106 valence electrons. The SMILES string of the molecule is CCNC(c1cc(Br)ccc1Br)C(C)c1ccccn1. The van der Waals surface area contributed by atoms with Crippen molar-refractivity contribution >= 4 is 31.9 Å². The molecule has 2 aromatic rings. The van der Waals surface area contributed by atoms with E-state index in [4.69, 9.17) is 0 Å². The molecule has 0 fully saturated rings. The van der Waals surface area contributed by atoms with Gasteiger partial charge in [0.15, 0.2) is 0 Å². The molecule has 2 atom stereocenters. The molecule has 0 amide bonds. The van der Waals surface area contributed by atoms with Crippen molar-refractivity contribution in [1.82, 2.24) is 10.3 Å². The van der Waals surface area contributed by atoms with Crippen molar-refractivity contribution in [1.29, 1.82) is 0 Å². The van der Waals surface area contributed by atoms with Crippen LogP contribution in [0.25, 0.3) is 0 Å². The fourth-order valence-electron chi connectivity index (χ4n) is 2.35. The number of hydrogen-bond donors (Lipinski definition) is 1. The number of pyridine rings is 1. The first kappa shape index (κ1) is 15.7. The van der Waals surface area contributed by atoms with Gasteiger partial charge in [-0.05, 0) is 42.4 Å². The lowest BCUT2D eigenvalue weighted by atomic mass is 9.91. The van der Waals surface area contributed by atoms with E-state index in [1.807, 2.05) is 24.4 Å². The Labute approximate surface area is 137 Å². The number of nitrogens with zero attached hydrogens (tertiary/aromatic N) is 1. The first-order chi connectivity index (χ1) is 9.63. The smallest absolute Gasteiger partial charge is 0.0450 e. The zero-order valence-electron chi connectivity index (χ0n) is 11.6. The Balaban J connectivity index is 2.38. The predicted molar refractivity (Wildman–Crippen MR) is 90.9 cm³/mol. The molecule has 2 unspecified atom stereocenters. The Morgan fingerprint density at radius 3 is 2.65 bits per heavy atom. The summed E-state index contributed by atoms with van der Waals surface area (Å²) in [6.07, 6.45) is 1.85. The number of aromatic nitrogens is 1. The minimum absolute atomic E-state index is 0.224. The summed E-state index contributed by atoms with van der Waals surface area (Å²) in [5.41, 5.74) is 2.35. The fourth-order valence-corrected chi connectivity index (χ4v) is 3.22. The molecule has 0 bridgehead atoms. The first-order valence-electron chi connectivity index (χ1n) is 6.72. The summed E-state index contributed by atoms with van der Waals surface area (Å²) in [4.78, 5) is 4.49. The number of halogens is 2. The summed E-state index contributed by atoms with van der Waals surface area (Å²) in [5.74, 6) is 0.293. The first-order valence-corrected chi connectivity index (χ1v) is 8.31. The maximum Gasteiger partial charge on any atom is 0.0450 e. The molecule has 0 aliphatic carbocycles. The van der Waals surface area contributed by atoms with Crippen molar-refractivity contribution in [3.63, 3.8) is 0 Å². The van der Waals surface area contributed by atoms with Crippen molar-refractivity contribution in [2.45, 2.75) is 25.8 Å². The van der Waals surface area contributed by atoms with E-state index >= 15 is 0 Å². The van der Waals surface area contributed by atoms with Crippen LogP contribution in [0.1, 0.15) is 37.1 Å². The van der Waals surface area contributed by atoms with E-state index in [1.165, 1.54) is 5.56 Å². The third kappa shape index (κ3) is 3.68. The van der Waals surface area contributed by atoms with Gasteiger partial charge in [0.25, 0.3) is 0 Å². The van der Waals surface area contributed by atoms with Gasteiger partial charge in [0.05, 0.1) is 0 Å². The van der Waals surface area contributed by atoms with Gasteiger partial charge in [0, 0.05) is 32.8 Å². The molecule has 0 saturated heterocycles. The third-order valence-electron chi connectivity index (χ3n) is 3.37. The topological polar surface area (TPSA) is 24.9 Å². The number of rotatable bonds is 5. The van der Waals surface area contributed by atoms with Crippen LogP contribution in [0.5, 0.6) is 0 Å². The van der Waals surface area contributed by atoms with Crippen molar-refractivity contribution in [3.05, 3.63) is 62.8 Å². The minimum Gasteiger partial charge on any atom is -0.310 e. The van der Waals surface area contributed by atoms with Crippen LogP contribution in [-0.2, 0) is 0 Å². The molecular formula is C16H18Br2N2. The summed E-state index contributed by atoms with van der Waals surface area (Å²) >= 11 is 7.22. The Bertz CT molecular complexity index is 558. The van der Waals surface area contributed by atoms with Crippen molar-refractivity contribution in [3.8, 4) is 0 Å². The molecule has 2 rings (SSSR count). The maximum atomic E-state index is 4.49. The summed E-state index contributed by atoms with van der Waals surface area (Å²) in [6.45, 7) is 5.26. The van der Waals surface area contributed by atoms with Crippen LogP contribution in [0.2, 0.25) is 0 Å². The Morgan fingerprint density at radius 2 is 2.00 bits per heavy atom. The molecule has 0 spiro atoms. The van der Waals surface area contributed by atoms with E-state index < -0.39 is 0 Å². The Kier molecular flexibility index (Phi) is 5.75. The molecule has 1 N–H and O–H groups in total. The lowest BCUT2D eigenvalue weighted by molar-refractivity contribution is 0.470. The van der Waals surface area contributed by atoms with E-state index in [0.29, 0.717) is 5.92 Å². The van der Waals surface area contributed by atoms with Gasteiger partial charge in [-0.25, -0.2) is 0 Å². The van der Waals surface area contributed by atoms with Crippen LogP contribution < -0.4 is 5.32 Å². The largest absolute Gasteiger partial charge is 0.310 e. The number of hydrogen-bond acceptors (Lipinski definition) is 2. The van der Waals surface area contributed by atoms with Crippen LogP contribution in [-0.4, -0.2) is 11.5 Å². The second-order valence-corrected chi connectivity index (χ2v) is 6.51. The molecule has 0 aliphatic heterocycles. The van der Waals surface area contributed by atoms with Gasteiger partial charge in [-0.15, -0.1) is 0 Å². The normalized spacial score (nSPS) is 14.0. The highest BCUT2D eigenvalue weighted by molar-refractivity contribution is 9.11. The van der Waals surface area contributed by atoms with Gasteiger partial charge in [-0.2, -0.15) is 0 Å². The maximum absolute atomic E-state index is 4.49. The monoisotopic (exact) mass is 396 g/mol. The van der Waals surface area contributed by atoms with Crippen LogP contribution in [0.4, 0.5) is 0 Å². The molecule has 1 aromatic carbocycles. The van der Waals surface area contributed by atoms with E-state index in [0.717, 1.165) is 21.2 Å². The molecule has 4 heteroatoms. The zero-order valence-corrected chi connectivity index (χ0v) is 14.8. The van der Waals surface area contributed by atoms with Crippen molar-refractivity contribution < 1.29 is 0 Å². The van der Waals surface area contributed by atoms with Crippen molar-refractivity contribution in [2.75, 3.05) is 6.54 Å². The number of likely N-dealkylation sites (N-methyl/N-ethyl adjacent to an activating group) is 1. The molecular weight excluding hydrogens is 380 g/mol. The van der Waals surface area contributed by atoms with E-state index in [9.17, 15) is 0 Å². The van der Waals surface area contributed by atoms with Gasteiger partial charge in [0.2, 0.25) is 0 Å². The quantitative estimate of drug-likeness (QED) is 0.762. The third-order valence-corrected chi connectivity index (χ3v) is 4.59. The lowest BCUT2D eigenvalue weighted by Crippen LogP contribution is -2.26. The zero-order chi connectivity index (χ0) is 14.5. The molecule has 20 heavy (non-hydrogen) atoms. The van der Waals surface area contributed by atoms with Gasteiger partial charge >= 0.3 is 0 Å². The van der Waals surface area contributed by atoms with Crippen LogP contribution in [0.15, 0.2) is 51.5 Å². The summed E-state index contributed by atoms with van der Waals surface area (Å²) < 4.78 is 2.21. The summed E-state index contributed by atoms with van der Waals surface area (Å²) in [7, 11) is 0. The van der Waals surface area contributed by atoms with Gasteiger partial charge in [0.1, 0.15) is 0 Å². The second-order valence-electron chi connectivity index (χ2n) is 4.74. The number of nitrogens with one attached hydrogen (secondary N) is 1. The standard InChI is InChI=1S/C16H18Br2N2/c1-3-19-16(11(2)15-6-4-5-9-20-15)13-10-12(17)7-8-14(13)18/h4-11,16,19H,3H2,1-2H3. The number of benzene rings is 1. The minimum atomic E-state index is 0.224. The van der Waals surface area contributed by atoms with E-state index in [1.54, 1.807) is 0 Å². The van der Waals surface area contributed by atoms with Crippen LogP contribution in [0.3, 0.4) is 0 Å². The molecule has 0 aliphatic rings. The average molecular weight is 398 g/mol. The van der Waals surface area contributed by atoms with Gasteiger partial charge < -0.3 is 5.32 Å². The molecule has 0 radical (unpaired) electrons. The van der Waals surface area contributed by atoms with Crippen molar-refractivity contribution in [2.24, 2.45) is 0 Å². The average Bonchev–Trinajstić information content (AvgIpc) is 2.48. The molecule has 0 saturated carbocycles. The molecule has 1 aromatic heterocycles. The lowest BCUT2D eigenvalue weighted by Gasteiger charge is -2.26. The highest BCUT2D eigenvalue weighted by atomic mass is 79.9. The highest BCUT2D eigenvalue weighted by Gasteiger charge is 2.23.